The van der Waals surface area contributed by atoms with Crippen LogP contribution in [0.5, 0.6) is 5.75 Å². The fourth-order valence-corrected chi connectivity index (χ4v) is 3.62. The lowest BCUT2D eigenvalue weighted by atomic mass is 9.96. The molecule has 5 heteroatoms. The van der Waals surface area contributed by atoms with Crippen molar-refractivity contribution in [3.8, 4) is 5.75 Å². The average molecular weight is 342 g/mol. The number of rotatable bonds is 1. The third kappa shape index (κ3) is 1.80. The van der Waals surface area contributed by atoms with Crippen molar-refractivity contribution in [1.82, 2.24) is 0 Å². The van der Waals surface area contributed by atoms with Gasteiger partial charge in [0, 0.05) is 5.69 Å². The second kappa shape index (κ2) is 5.20. The molecule has 3 aromatic carbocycles. The molecule has 0 fully saturated rings. The number of benzene rings is 3. The number of hydrogen-bond acceptors (Lipinski definition) is 3. The Balaban J connectivity index is 1.83. The molecule has 1 N–H and O–H groups in total. The molecular formula is C21H14N2O3. The van der Waals surface area contributed by atoms with Crippen LogP contribution in [-0.2, 0) is 10.5 Å². The van der Waals surface area contributed by atoms with Crippen LogP contribution >= 0.6 is 0 Å². The maximum absolute atomic E-state index is 13.4. The molecule has 5 nitrogen and oxygen atoms in total. The molecule has 0 aromatic heterocycles. The van der Waals surface area contributed by atoms with Crippen LogP contribution in [0, 0.1) is 0 Å². The molecule has 0 saturated heterocycles. The summed E-state index contributed by atoms with van der Waals surface area (Å²) in [6.45, 7) is 0. The van der Waals surface area contributed by atoms with Gasteiger partial charge in [-0.3, -0.25) is 14.5 Å². The van der Waals surface area contributed by atoms with Crippen LogP contribution in [0.25, 0.3) is 0 Å². The first-order valence-corrected chi connectivity index (χ1v) is 8.30. The van der Waals surface area contributed by atoms with Crippen molar-refractivity contribution in [1.29, 1.82) is 0 Å². The molecule has 26 heavy (non-hydrogen) atoms. The van der Waals surface area contributed by atoms with Crippen LogP contribution in [0.3, 0.4) is 0 Å². The fraction of sp³-hybridized carbons (Fsp3) is 0.0476. The molecule has 1 atom stereocenters. The van der Waals surface area contributed by atoms with E-state index in [2.05, 4.69) is 5.32 Å². The molecule has 2 aliphatic heterocycles. The van der Waals surface area contributed by atoms with E-state index in [9.17, 15) is 9.59 Å². The van der Waals surface area contributed by atoms with Gasteiger partial charge in [-0.1, -0.05) is 48.5 Å². The zero-order valence-electron chi connectivity index (χ0n) is 13.7. The number of nitrogens with one attached hydrogen (secondary N) is 1. The number of amides is 2. The highest BCUT2D eigenvalue weighted by Crippen LogP contribution is 2.48. The molecule has 1 spiro atoms. The molecule has 1 unspecified atom stereocenters. The molecule has 0 aliphatic carbocycles. The third-order valence-electron chi connectivity index (χ3n) is 4.76. The Bertz CT molecular complexity index is 1050. The van der Waals surface area contributed by atoms with Crippen molar-refractivity contribution < 1.29 is 14.3 Å². The highest BCUT2D eigenvalue weighted by molar-refractivity contribution is 6.18. The van der Waals surface area contributed by atoms with Crippen LogP contribution in [0.4, 0.5) is 11.4 Å². The Morgan fingerprint density at radius 3 is 2.35 bits per heavy atom. The number of nitrogens with zero attached hydrogens (tertiary/aromatic N) is 1. The van der Waals surface area contributed by atoms with Gasteiger partial charge in [-0.05, 0) is 30.3 Å². The lowest BCUT2D eigenvalue weighted by Crippen LogP contribution is -2.60. The van der Waals surface area contributed by atoms with E-state index in [0.29, 0.717) is 28.3 Å². The lowest BCUT2D eigenvalue weighted by molar-refractivity contribution is -0.131. The molecule has 2 aliphatic rings. The lowest BCUT2D eigenvalue weighted by Gasteiger charge is -2.43. The Labute approximate surface area is 149 Å². The summed E-state index contributed by atoms with van der Waals surface area (Å²) in [6, 6.07) is 23.4. The number of para-hydroxylation sites is 3. The second-order valence-electron chi connectivity index (χ2n) is 6.22. The third-order valence-corrected chi connectivity index (χ3v) is 4.76. The summed E-state index contributed by atoms with van der Waals surface area (Å²) in [6.07, 6.45) is 0. The standard InChI is InChI=1S/C21H14N2O3/c24-19-15-10-4-7-13-18(15)26-21(23(19)14-8-2-1-3-9-14)16-11-5-6-12-17(16)22-20(21)25/h1-13H,(H,22,25). The van der Waals surface area contributed by atoms with Crippen LogP contribution in [0.1, 0.15) is 15.9 Å². The number of ether oxygens (including phenoxy) is 1. The number of anilines is 2. The first-order valence-electron chi connectivity index (χ1n) is 8.30. The van der Waals surface area contributed by atoms with Crippen molar-refractivity contribution in [3.63, 3.8) is 0 Å². The summed E-state index contributed by atoms with van der Waals surface area (Å²) >= 11 is 0. The number of hydrogen-bond donors (Lipinski definition) is 1. The minimum Gasteiger partial charge on any atom is -0.453 e. The van der Waals surface area contributed by atoms with Gasteiger partial charge < -0.3 is 10.1 Å². The zero-order chi connectivity index (χ0) is 17.7. The number of carbonyl (C=O) groups is 2. The summed E-state index contributed by atoms with van der Waals surface area (Å²) in [5, 5.41) is 2.85. The van der Waals surface area contributed by atoms with Gasteiger partial charge in [-0.2, -0.15) is 0 Å². The van der Waals surface area contributed by atoms with E-state index in [1.54, 1.807) is 42.5 Å². The summed E-state index contributed by atoms with van der Waals surface area (Å²) in [7, 11) is 0. The van der Waals surface area contributed by atoms with Crippen LogP contribution in [0.15, 0.2) is 78.9 Å². The van der Waals surface area contributed by atoms with E-state index >= 15 is 0 Å². The quantitative estimate of drug-likeness (QED) is 0.736. The average Bonchev–Trinajstić information content (AvgIpc) is 2.95. The molecule has 5 rings (SSSR count). The zero-order valence-corrected chi connectivity index (χ0v) is 13.7. The van der Waals surface area contributed by atoms with E-state index in [-0.39, 0.29) is 11.8 Å². The van der Waals surface area contributed by atoms with Gasteiger partial charge in [0.1, 0.15) is 5.75 Å². The van der Waals surface area contributed by atoms with Gasteiger partial charge in [0.15, 0.2) is 0 Å². The van der Waals surface area contributed by atoms with Crippen molar-refractivity contribution in [2.24, 2.45) is 0 Å². The van der Waals surface area contributed by atoms with E-state index in [4.69, 9.17) is 4.74 Å². The Kier molecular flexibility index (Phi) is 2.94. The first kappa shape index (κ1) is 14.7. The van der Waals surface area contributed by atoms with Gasteiger partial charge in [0.05, 0.1) is 16.8 Å². The van der Waals surface area contributed by atoms with Gasteiger partial charge in [0.25, 0.3) is 17.5 Å². The van der Waals surface area contributed by atoms with E-state index in [1.807, 2.05) is 36.4 Å². The summed E-state index contributed by atoms with van der Waals surface area (Å²) in [5.41, 5.74) is 0.726. The molecule has 0 saturated carbocycles. The molecule has 3 aromatic rings. The predicted molar refractivity (Wildman–Crippen MR) is 97.1 cm³/mol. The van der Waals surface area contributed by atoms with E-state index in [1.165, 1.54) is 4.90 Å². The van der Waals surface area contributed by atoms with Gasteiger partial charge in [-0.15, -0.1) is 0 Å². The van der Waals surface area contributed by atoms with Gasteiger partial charge in [0.2, 0.25) is 0 Å². The molecule has 126 valence electrons. The van der Waals surface area contributed by atoms with E-state index < -0.39 is 5.72 Å². The summed E-state index contributed by atoms with van der Waals surface area (Å²) in [4.78, 5) is 28.0. The maximum Gasteiger partial charge on any atom is 0.297 e. The molecule has 0 bridgehead atoms. The Hall–Kier alpha value is -3.60. The fourth-order valence-electron chi connectivity index (χ4n) is 3.62. The molecule has 2 amide bonds. The smallest absolute Gasteiger partial charge is 0.297 e. The van der Waals surface area contributed by atoms with Crippen LogP contribution < -0.4 is 15.0 Å². The van der Waals surface area contributed by atoms with Crippen LogP contribution in [0.2, 0.25) is 0 Å². The highest BCUT2D eigenvalue weighted by atomic mass is 16.5. The molecule has 0 radical (unpaired) electrons. The number of fused-ring (bicyclic) bond motifs is 3. The van der Waals surface area contributed by atoms with Crippen molar-refractivity contribution >= 4 is 23.2 Å². The minimum absolute atomic E-state index is 0.273. The number of carbonyl (C=O) groups excluding carboxylic acids is 2. The Morgan fingerprint density at radius 2 is 1.50 bits per heavy atom. The SMILES string of the molecule is O=C1c2ccccc2OC2(C(=O)Nc3ccccc32)N1c1ccccc1. The monoisotopic (exact) mass is 342 g/mol. The topological polar surface area (TPSA) is 58.6 Å². The van der Waals surface area contributed by atoms with Crippen molar-refractivity contribution in [2.75, 3.05) is 10.2 Å². The van der Waals surface area contributed by atoms with Crippen molar-refractivity contribution in [3.05, 3.63) is 90.0 Å². The van der Waals surface area contributed by atoms with Gasteiger partial charge in [-0.25, -0.2) is 0 Å². The van der Waals surface area contributed by atoms with Crippen molar-refractivity contribution in [2.45, 2.75) is 5.72 Å². The minimum atomic E-state index is -1.57. The largest absolute Gasteiger partial charge is 0.453 e. The highest BCUT2D eigenvalue weighted by Gasteiger charge is 2.59. The predicted octanol–water partition coefficient (Wildman–Crippen LogP) is 3.53. The van der Waals surface area contributed by atoms with Crippen LogP contribution in [-0.4, -0.2) is 11.8 Å². The molecule has 2 heterocycles. The van der Waals surface area contributed by atoms with Gasteiger partial charge >= 0.3 is 0 Å². The summed E-state index contributed by atoms with van der Waals surface area (Å²) < 4.78 is 6.25. The Morgan fingerprint density at radius 1 is 0.808 bits per heavy atom. The summed E-state index contributed by atoms with van der Waals surface area (Å²) in [5.74, 6) is -0.258. The second-order valence-corrected chi connectivity index (χ2v) is 6.22. The van der Waals surface area contributed by atoms with E-state index in [0.717, 1.165) is 0 Å². The maximum atomic E-state index is 13.4. The molecular weight excluding hydrogens is 328 g/mol. The first-order chi connectivity index (χ1) is 12.7. The normalized spacial score (nSPS) is 20.4.